The molecule has 1 amide bonds. The molecule has 2 atom stereocenters. The summed E-state index contributed by atoms with van der Waals surface area (Å²) in [5.41, 5.74) is 1.14. The second-order valence-corrected chi connectivity index (χ2v) is 6.41. The molecule has 23 heavy (non-hydrogen) atoms. The molecule has 0 bridgehead atoms. The smallest absolute Gasteiger partial charge is 0.221 e. The standard InChI is InChI=1S/C16H22ClN3O.2ClH/c17-12-3-1-5-15(9-12)20-8-6-14(11-20)19-16(21)10-13-4-2-7-18-13;;/h1,3,5,9,13-14,18H,2,4,6-8,10-11H2,(H,19,21);2*1H. The van der Waals surface area contributed by atoms with Crippen LogP contribution in [0.1, 0.15) is 25.7 Å². The number of carbonyl (C=O) groups is 1. The van der Waals surface area contributed by atoms with Gasteiger partial charge in [-0.05, 0) is 44.0 Å². The van der Waals surface area contributed by atoms with Crippen LogP contribution in [0.25, 0.3) is 0 Å². The SMILES string of the molecule is Cl.Cl.O=C(CC1CCCN1)NC1CCN(c2cccc(Cl)c2)C1. The molecule has 130 valence electrons. The number of amides is 1. The van der Waals surface area contributed by atoms with E-state index in [0.717, 1.165) is 43.2 Å². The maximum Gasteiger partial charge on any atom is 0.221 e. The van der Waals surface area contributed by atoms with Crippen LogP contribution in [0.5, 0.6) is 0 Å². The van der Waals surface area contributed by atoms with E-state index < -0.39 is 0 Å². The average Bonchev–Trinajstić information content (AvgIpc) is 3.10. The van der Waals surface area contributed by atoms with Crippen molar-refractivity contribution in [1.29, 1.82) is 0 Å². The largest absolute Gasteiger partial charge is 0.369 e. The Bertz CT molecular complexity index is 509. The summed E-state index contributed by atoms with van der Waals surface area (Å²) >= 11 is 6.04. The molecule has 0 radical (unpaired) electrons. The zero-order valence-electron chi connectivity index (χ0n) is 13.0. The Morgan fingerprint density at radius 2 is 2.17 bits per heavy atom. The van der Waals surface area contributed by atoms with Crippen molar-refractivity contribution >= 4 is 48.0 Å². The van der Waals surface area contributed by atoms with Crippen LogP contribution in [0, 0.1) is 0 Å². The van der Waals surface area contributed by atoms with Crippen LogP contribution in [0.2, 0.25) is 5.02 Å². The molecular formula is C16H24Cl3N3O. The normalized spacial score (nSPS) is 23.1. The van der Waals surface area contributed by atoms with Gasteiger partial charge in [-0.2, -0.15) is 0 Å². The lowest BCUT2D eigenvalue weighted by molar-refractivity contribution is -0.122. The fraction of sp³-hybridized carbons (Fsp3) is 0.562. The Hall–Kier alpha value is -0.680. The highest BCUT2D eigenvalue weighted by atomic mass is 35.5. The summed E-state index contributed by atoms with van der Waals surface area (Å²) in [6.45, 7) is 2.88. The molecular weight excluding hydrogens is 357 g/mol. The van der Waals surface area contributed by atoms with Crippen molar-refractivity contribution in [3.63, 3.8) is 0 Å². The molecule has 2 aliphatic heterocycles. The first-order chi connectivity index (χ1) is 10.2. The maximum atomic E-state index is 12.1. The average molecular weight is 381 g/mol. The van der Waals surface area contributed by atoms with E-state index in [0.29, 0.717) is 12.5 Å². The molecule has 2 heterocycles. The molecule has 7 heteroatoms. The molecule has 2 aliphatic rings. The van der Waals surface area contributed by atoms with Gasteiger partial charge in [-0.25, -0.2) is 0 Å². The molecule has 0 saturated carbocycles. The molecule has 1 aromatic rings. The van der Waals surface area contributed by atoms with E-state index in [4.69, 9.17) is 11.6 Å². The third-order valence-corrected chi connectivity index (χ3v) is 4.56. The number of rotatable bonds is 4. The van der Waals surface area contributed by atoms with E-state index in [1.54, 1.807) is 0 Å². The quantitative estimate of drug-likeness (QED) is 0.844. The second-order valence-electron chi connectivity index (χ2n) is 5.98. The van der Waals surface area contributed by atoms with Gasteiger partial charge >= 0.3 is 0 Å². The summed E-state index contributed by atoms with van der Waals surface area (Å²) in [7, 11) is 0. The molecule has 2 saturated heterocycles. The van der Waals surface area contributed by atoms with Crippen molar-refractivity contribution in [3.05, 3.63) is 29.3 Å². The minimum Gasteiger partial charge on any atom is -0.369 e. The Kier molecular flexibility index (Phi) is 8.48. The number of nitrogens with one attached hydrogen (secondary N) is 2. The number of carbonyl (C=O) groups excluding carboxylic acids is 1. The minimum atomic E-state index is 0. The summed E-state index contributed by atoms with van der Waals surface area (Å²) in [5.74, 6) is 0.173. The number of hydrogen-bond acceptors (Lipinski definition) is 3. The lowest BCUT2D eigenvalue weighted by Crippen LogP contribution is -2.39. The van der Waals surface area contributed by atoms with Crippen molar-refractivity contribution in [2.45, 2.75) is 37.8 Å². The summed E-state index contributed by atoms with van der Waals surface area (Å²) < 4.78 is 0. The van der Waals surface area contributed by atoms with Crippen LogP contribution in [0.3, 0.4) is 0 Å². The van der Waals surface area contributed by atoms with Gasteiger partial charge in [-0.1, -0.05) is 17.7 Å². The van der Waals surface area contributed by atoms with Crippen molar-refractivity contribution < 1.29 is 4.79 Å². The van der Waals surface area contributed by atoms with Gasteiger partial charge in [0.05, 0.1) is 0 Å². The van der Waals surface area contributed by atoms with Gasteiger partial charge in [-0.15, -0.1) is 24.8 Å². The van der Waals surface area contributed by atoms with Crippen LogP contribution in [-0.2, 0) is 4.79 Å². The van der Waals surface area contributed by atoms with Gasteiger partial charge in [-0.3, -0.25) is 4.79 Å². The molecule has 2 unspecified atom stereocenters. The molecule has 4 nitrogen and oxygen atoms in total. The monoisotopic (exact) mass is 379 g/mol. The van der Waals surface area contributed by atoms with E-state index in [1.165, 1.54) is 6.42 Å². The predicted molar refractivity (Wildman–Crippen MR) is 100 cm³/mol. The van der Waals surface area contributed by atoms with Crippen LogP contribution >= 0.6 is 36.4 Å². The molecule has 0 aliphatic carbocycles. The van der Waals surface area contributed by atoms with Gasteiger partial charge in [0.1, 0.15) is 0 Å². The summed E-state index contributed by atoms with van der Waals surface area (Å²) in [5, 5.41) is 7.29. The number of halogens is 3. The van der Waals surface area contributed by atoms with E-state index in [1.807, 2.05) is 18.2 Å². The minimum absolute atomic E-state index is 0. The predicted octanol–water partition coefficient (Wildman–Crippen LogP) is 3.02. The first kappa shape index (κ1) is 20.4. The van der Waals surface area contributed by atoms with Crippen LogP contribution < -0.4 is 15.5 Å². The highest BCUT2D eigenvalue weighted by Crippen LogP contribution is 2.23. The number of hydrogen-bond donors (Lipinski definition) is 2. The third-order valence-electron chi connectivity index (χ3n) is 4.32. The Balaban J connectivity index is 0.00000132. The molecule has 2 fully saturated rings. The van der Waals surface area contributed by atoms with Crippen LogP contribution in [0.4, 0.5) is 5.69 Å². The van der Waals surface area contributed by atoms with E-state index in [9.17, 15) is 4.79 Å². The van der Waals surface area contributed by atoms with Gasteiger partial charge in [0, 0.05) is 42.3 Å². The Labute approximate surface area is 155 Å². The van der Waals surface area contributed by atoms with Gasteiger partial charge in [0.25, 0.3) is 0 Å². The van der Waals surface area contributed by atoms with Crippen LogP contribution in [0.15, 0.2) is 24.3 Å². The number of benzene rings is 1. The lowest BCUT2D eigenvalue weighted by Gasteiger charge is -2.19. The molecule has 0 spiro atoms. The molecule has 3 rings (SSSR count). The van der Waals surface area contributed by atoms with E-state index in [-0.39, 0.29) is 36.8 Å². The van der Waals surface area contributed by atoms with Crippen LogP contribution in [-0.4, -0.2) is 37.6 Å². The summed E-state index contributed by atoms with van der Waals surface area (Å²) in [6.07, 6.45) is 3.90. The summed E-state index contributed by atoms with van der Waals surface area (Å²) in [6, 6.07) is 8.52. The maximum absolute atomic E-state index is 12.1. The fourth-order valence-corrected chi connectivity index (χ4v) is 3.41. The van der Waals surface area contributed by atoms with Crippen molar-refractivity contribution in [2.24, 2.45) is 0 Å². The van der Waals surface area contributed by atoms with Gasteiger partial charge in [0.15, 0.2) is 0 Å². The summed E-state index contributed by atoms with van der Waals surface area (Å²) in [4.78, 5) is 14.3. The van der Waals surface area contributed by atoms with Gasteiger partial charge < -0.3 is 15.5 Å². The third kappa shape index (κ3) is 5.71. The number of nitrogens with zero attached hydrogens (tertiary/aromatic N) is 1. The van der Waals surface area contributed by atoms with E-state index >= 15 is 0 Å². The van der Waals surface area contributed by atoms with Gasteiger partial charge in [0.2, 0.25) is 5.91 Å². The van der Waals surface area contributed by atoms with Crippen molar-refractivity contribution in [2.75, 3.05) is 24.5 Å². The van der Waals surface area contributed by atoms with Crippen molar-refractivity contribution in [1.82, 2.24) is 10.6 Å². The highest BCUT2D eigenvalue weighted by molar-refractivity contribution is 6.30. The molecule has 2 N–H and O–H groups in total. The number of anilines is 1. The molecule has 0 aromatic heterocycles. The molecule has 1 aromatic carbocycles. The zero-order chi connectivity index (χ0) is 14.7. The Morgan fingerprint density at radius 3 is 2.87 bits per heavy atom. The van der Waals surface area contributed by atoms with E-state index in [2.05, 4.69) is 21.6 Å². The zero-order valence-corrected chi connectivity index (χ0v) is 15.4. The lowest BCUT2D eigenvalue weighted by atomic mass is 10.1. The highest BCUT2D eigenvalue weighted by Gasteiger charge is 2.25. The second kappa shape index (κ2) is 9.58. The first-order valence-corrected chi connectivity index (χ1v) is 8.12. The first-order valence-electron chi connectivity index (χ1n) is 7.74. The topological polar surface area (TPSA) is 44.4 Å². The fourth-order valence-electron chi connectivity index (χ4n) is 3.23. The van der Waals surface area contributed by atoms with Crippen molar-refractivity contribution in [3.8, 4) is 0 Å². The Morgan fingerprint density at radius 1 is 1.35 bits per heavy atom.